The second kappa shape index (κ2) is 10.7. The molecule has 1 aromatic heterocycles. The van der Waals surface area contributed by atoms with Gasteiger partial charge in [-0.05, 0) is 45.4 Å². The average Bonchev–Trinajstić information content (AvgIpc) is 3.07. The van der Waals surface area contributed by atoms with E-state index < -0.39 is 67.3 Å². The number of H-pyrrole nitrogens is 1. The van der Waals surface area contributed by atoms with Crippen LogP contribution in [0.2, 0.25) is 5.02 Å². The number of phosphoric acid groups is 1. The van der Waals surface area contributed by atoms with Gasteiger partial charge in [-0.15, -0.1) is 0 Å². The first-order valence-corrected chi connectivity index (χ1v) is 13.7. The number of ether oxygens (including phenoxy) is 2. The minimum Gasteiger partial charge on any atom is -0.455 e. The van der Waals surface area contributed by atoms with Gasteiger partial charge in [0.05, 0.1) is 24.7 Å². The molecule has 6 atom stereocenters. The molecule has 4 rings (SSSR count). The number of rotatable bonds is 6. The fourth-order valence-electron chi connectivity index (χ4n) is 4.11. The van der Waals surface area contributed by atoms with Crippen LogP contribution in [0.25, 0.3) is 0 Å². The number of alkyl halides is 1. The Bertz CT molecular complexity index is 1360. The van der Waals surface area contributed by atoms with Gasteiger partial charge in [0.25, 0.3) is 5.56 Å². The molecule has 38 heavy (non-hydrogen) atoms. The Labute approximate surface area is 222 Å². The highest BCUT2D eigenvalue weighted by atomic mass is 35.5. The number of carbonyl (C=O) groups is 1. The van der Waals surface area contributed by atoms with Crippen molar-refractivity contribution in [1.82, 2.24) is 9.55 Å². The summed E-state index contributed by atoms with van der Waals surface area (Å²) in [6.45, 7) is 5.37. The van der Waals surface area contributed by atoms with Gasteiger partial charge >= 0.3 is 19.5 Å². The van der Waals surface area contributed by atoms with Crippen LogP contribution in [0.15, 0.2) is 46.1 Å². The Morgan fingerprint density at radius 3 is 2.71 bits per heavy atom. The molecule has 2 saturated heterocycles. The van der Waals surface area contributed by atoms with E-state index in [4.69, 9.17) is 34.6 Å². The lowest BCUT2D eigenvalue weighted by Gasteiger charge is -2.31. The second-order valence-corrected chi connectivity index (χ2v) is 12.3. The number of hydrogen-bond donors (Lipinski definition) is 1. The van der Waals surface area contributed by atoms with Gasteiger partial charge in [-0.3, -0.25) is 32.7 Å². The Balaban J connectivity index is 1.57. The Morgan fingerprint density at radius 2 is 2.05 bits per heavy atom. The molecule has 0 aliphatic carbocycles. The van der Waals surface area contributed by atoms with Gasteiger partial charge < -0.3 is 9.47 Å². The summed E-state index contributed by atoms with van der Waals surface area (Å²) >= 11 is 6.06. The highest BCUT2D eigenvalue weighted by Gasteiger charge is 2.59. The van der Waals surface area contributed by atoms with Crippen molar-refractivity contribution in [3.63, 3.8) is 0 Å². The molecule has 0 bridgehead atoms. The number of esters is 1. The molecule has 0 amide bonds. The summed E-state index contributed by atoms with van der Waals surface area (Å²) in [4.78, 5) is 38.6. The van der Waals surface area contributed by atoms with Crippen molar-refractivity contribution in [3.05, 3.63) is 68.0 Å². The normalized spacial score (nSPS) is 31.7. The van der Waals surface area contributed by atoms with Crippen LogP contribution in [0.1, 0.15) is 52.0 Å². The van der Waals surface area contributed by atoms with E-state index in [1.807, 2.05) is 4.98 Å². The largest absolute Gasteiger partial charge is 0.475 e. The van der Waals surface area contributed by atoms with Crippen LogP contribution in [-0.4, -0.2) is 46.6 Å². The zero-order valence-corrected chi connectivity index (χ0v) is 22.9. The first-order chi connectivity index (χ1) is 17.7. The monoisotopic (exact) mass is 574 g/mol. The Hall–Kier alpha value is -2.34. The van der Waals surface area contributed by atoms with Crippen LogP contribution < -0.4 is 11.2 Å². The predicted molar refractivity (Wildman–Crippen MR) is 133 cm³/mol. The fourth-order valence-corrected chi connectivity index (χ4v) is 5.70. The van der Waals surface area contributed by atoms with Crippen LogP contribution in [0, 0.1) is 5.41 Å². The highest BCUT2D eigenvalue weighted by molar-refractivity contribution is 7.48. The molecule has 1 N–H and O–H groups in total. The van der Waals surface area contributed by atoms with Gasteiger partial charge in [0.1, 0.15) is 6.10 Å². The maximum atomic E-state index is 16.2. The van der Waals surface area contributed by atoms with Crippen LogP contribution in [0.3, 0.4) is 0 Å². The zero-order valence-electron chi connectivity index (χ0n) is 21.2. The highest BCUT2D eigenvalue weighted by Crippen LogP contribution is 2.57. The smallest absolute Gasteiger partial charge is 0.455 e. The average molecular weight is 575 g/mol. The molecule has 1 aromatic carbocycles. The van der Waals surface area contributed by atoms with Crippen molar-refractivity contribution >= 4 is 25.4 Å². The summed E-state index contributed by atoms with van der Waals surface area (Å²) in [5.41, 5.74) is -4.37. The van der Waals surface area contributed by atoms with Crippen molar-refractivity contribution in [2.45, 2.75) is 64.3 Å². The van der Waals surface area contributed by atoms with Crippen molar-refractivity contribution in [2.75, 3.05) is 13.2 Å². The van der Waals surface area contributed by atoms with E-state index in [9.17, 15) is 18.9 Å². The number of aromatic nitrogens is 2. The topological polar surface area (TPSA) is 135 Å². The summed E-state index contributed by atoms with van der Waals surface area (Å²) in [6, 6.07) is 7.87. The molecule has 14 heteroatoms. The first-order valence-electron chi connectivity index (χ1n) is 11.9. The zero-order chi connectivity index (χ0) is 27.9. The third kappa shape index (κ3) is 6.11. The molecule has 2 fully saturated rings. The number of phosphoric ester groups is 1. The maximum absolute atomic E-state index is 16.2. The number of benzene rings is 1. The molecule has 2 aliphatic rings. The van der Waals surface area contributed by atoms with Gasteiger partial charge in [0.15, 0.2) is 18.0 Å². The molecule has 2 aromatic rings. The summed E-state index contributed by atoms with van der Waals surface area (Å²) in [7, 11) is -4.15. The van der Waals surface area contributed by atoms with E-state index in [0.717, 1.165) is 23.8 Å². The summed E-state index contributed by atoms with van der Waals surface area (Å²) in [6.07, 6.45) is -3.67. The van der Waals surface area contributed by atoms with Crippen LogP contribution in [-0.2, 0) is 32.4 Å². The molecule has 208 valence electrons. The second-order valence-electron chi connectivity index (χ2n) is 10.3. The molecule has 11 nitrogen and oxygen atoms in total. The van der Waals surface area contributed by atoms with Crippen molar-refractivity contribution in [2.24, 2.45) is 5.41 Å². The lowest BCUT2D eigenvalue weighted by molar-refractivity contribution is -0.167. The van der Waals surface area contributed by atoms with Crippen LogP contribution in [0.4, 0.5) is 4.39 Å². The van der Waals surface area contributed by atoms with E-state index in [0.29, 0.717) is 17.0 Å². The van der Waals surface area contributed by atoms with Crippen molar-refractivity contribution in [1.29, 1.82) is 0 Å². The third-order valence-electron chi connectivity index (χ3n) is 6.13. The van der Waals surface area contributed by atoms with Gasteiger partial charge in [-0.1, -0.05) is 23.7 Å². The van der Waals surface area contributed by atoms with E-state index in [1.54, 1.807) is 45.0 Å². The summed E-state index contributed by atoms with van der Waals surface area (Å²) < 4.78 is 58.1. The van der Waals surface area contributed by atoms with E-state index in [1.165, 1.54) is 0 Å². The van der Waals surface area contributed by atoms with Crippen molar-refractivity contribution < 1.29 is 36.8 Å². The Morgan fingerprint density at radius 1 is 1.32 bits per heavy atom. The molecule has 0 saturated carbocycles. The van der Waals surface area contributed by atoms with Gasteiger partial charge in [0, 0.05) is 23.7 Å². The minimum atomic E-state index is -4.15. The standard InChI is InChI=1S/C24H29ClFN2O9P/c1-23(2,3)21(30)36-19-17(35-20(24(19,4)26)28-10-8-18(29)27-22(28)31)13-34-38(32)33-11-9-16(37-38)14-6-5-7-15(25)12-14/h5-8,10,12,16-17,19-20H,9,11,13H2,1-4H3,(H,27,29,31)/t16-,17+,19+,20+,24+,38+/m0/s1. The van der Waals surface area contributed by atoms with Gasteiger partial charge in [0.2, 0.25) is 0 Å². The quantitative estimate of drug-likeness (QED) is 0.400. The molecule has 0 radical (unpaired) electrons. The van der Waals surface area contributed by atoms with Gasteiger partial charge in [-0.2, -0.15) is 0 Å². The number of halogens is 2. The Kier molecular flexibility index (Phi) is 8.05. The molecule has 0 unspecified atom stereocenters. The van der Waals surface area contributed by atoms with E-state index in [-0.39, 0.29) is 6.61 Å². The van der Waals surface area contributed by atoms with Crippen LogP contribution >= 0.6 is 19.4 Å². The van der Waals surface area contributed by atoms with Gasteiger partial charge in [-0.25, -0.2) is 13.8 Å². The molecule has 2 aliphatic heterocycles. The third-order valence-corrected chi connectivity index (χ3v) is 7.85. The van der Waals surface area contributed by atoms with E-state index >= 15 is 4.39 Å². The molecule has 3 heterocycles. The molecular formula is C24H29ClFN2O9P. The molecular weight excluding hydrogens is 546 g/mol. The minimum absolute atomic E-state index is 0.0542. The molecule has 0 spiro atoms. The summed E-state index contributed by atoms with van der Waals surface area (Å²) in [5, 5.41) is 0.474. The predicted octanol–water partition coefficient (Wildman–Crippen LogP) is 4.08. The number of aromatic amines is 1. The lowest BCUT2D eigenvalue weighted by atomic mass is 9.95. The summed E-state index contributed by atoms with van der Waals surface area (Å²) in [5.74, 6) is -0.729. The number of hydrogen-bond acceptors (Lipinski definition) is 9. The number of nitrogens with one attached hydrogen (secondary N) is 1. The van der Waals surface area contributed by atoms with Crippen molar-refractivity contribution in [3.8, 4) is 0 Å². The first kappa shape index (κ1) is 28.7. The van der Waals surface area contributed by atoms with E-state index in [2.05, 4.69) is 0 Å². The number of nitrogens with zero attached hydrogens (tertiary/aromatic N) is 1. The van der Waals surface area contributed by atoms with Crippen LogP contribution in [0.5, 0.6) is 0 Å². The number of carbonyl (C=O) groups excluding carboxylic acids is 1. The maximum Gasteiger partial charge on any atom is 0.475 e. The SMILES string of the molecule is CC(C)(C)C(=O)O[C@@H]1[C@@H](CO[P@@]2(=O)OCC[C@@H](c3cccc(Cl)c3)O2)O[C@@H](n2ccc(=O)[nH]c2=O)[C@]1(C)F. The fraction of sp³-hybridized carbons (Fsp3) is 0.542. The lowest BCUT2D eigenvalue weighted by Crippen LogP contribution is -2.47.